The Morgan fingerprint density at radius 1 is 1.06 bits per heavy atom. The van der Waals surface area contributed by atoms with E-state index in [1.54, 1.807) is 30.3 Å². The summed E-state index contributed by atoms with van der Waals surface area (Å²) in [4.78, 5) is 0. The summed E-state index contributed by atoms with van der Waals surface area (Å²) in [5.74, 6) is -2.15. The third kappa shape index (κ3) is 5.37. The highest BCUT2D eigenvalue weighted by Gasteiger charge is 2.25. The zero-order valence-corrected chi connectivity index (χ0v) is 19.5. The Balaban J connectivity index is 1.42. The quantitative estimate of drug-likeness (QED) is 0.371. The van der Waals surface area contributed by atoms with Gasteiger partial charge in [0.1, 0.15) is 5.82 Å². The van der Waals surface area contributed by atoms with Crippen molar-refractivity contribution < 1.29 is 22.6 Å². The summed E-state index contributed by atoms with van der Waals surface area (Å²) in [5, 5.41) is 0. The first-order valence-electron chi connectivity index (χ1n) is 12.0. The molecular weight excluding hydrogens is 437 g/mol. The topological polar surface area (TPSA) is 18.5 Å². The molecule has 2 aliphatic rings. The number of benzene rings is 2. The lowest BCUT2D eigenvalue weighted by atomic mass is 9.86. The van der Waals surface area contributed by atoms with Crippen molar-refractivity contribution in [2.75, 3.05) is 13.2 Å². The monoisotopic (exact) mass is 468 g/mol. The second kappa shape index (κ2) is 11.2. The molecule has 1 heterocycles. The minimum absolute atomic E-state index is 0.0164. The number of allylic oxidation sites excluding steroid dienone is 5. The fourth-order valence-electron chi connectivity index (χ4n) is 4.58. The first kappa shape index (κ1) is 24.5. The van der Waals surface area contributed by atoms with E-state index < -0.39 is 11.6 Å². The predicted molar refractivity (Wildman–Crippen MR) is 129 cm³/mol. The lowest BCUT2D eigenvalue weighted by Gasteiger charge is -2.29. The Kier molecular flexibility index (Phi) is 8.07. The van der Waals surface area contributed by atoms with E-state index in [-0.39, 0.29) is 23.9 Å². The summed E-state index contributed by atoms with van der Waals surface area (Å²) in [6, 6.07) is 8.55. The summed E-state index contributed by atoms with van der Waals surface area (Å²) in [6.45, 7) is 6.62. The van der Waals surface area contributed by atoms with Crippen LogP contribution in [0.2, 0.25) is 0 Å². The number of ether oxygens (including phenoxy) is 2. The van der Waals surface area contributed by atoms with Crippen LogP contribution in [-0.2, 0) is 15.9 Å². The van der Waals surface area contributed by atoms with Crippen LogP contribution in [0.5, 0.6) is 0 Å². The van der Waals surface area contributed by atoms with Gasteiger partial charge in [0.2, 0.25) is 0 Å². The summed E-state index contributed by atoms with van der Waals surface area (Å²) in [6.07, 6.45) is 10.5. The van der Waals surface area contributed by atoms with Crippen LogP contribution in [0.4, 0.5) is 13.2 Å². The van der Waals surface area contributed by atoms with Gasteiger partial charge in [0, 0.05) is 23.8 Å². The van der Waals surface area contributed by atoms with E-state index in [9.17, 15) is 8.78 Å². The molecule has 1 unspecified atom stereocenters. The Hall–Kier alpha value is -2.63. The van der Waals surface area contributed by atoms with Crippen molar-refractivity contribution in [3.63, 3.8) is 0 Å². The second-order valence-corrected chi connectivity index (χ2v) is 8.95. The minimum atomic E-state index is -0.781. The number of aryl methyl sites for hydroxylation is 1. The van der Waals surface area contributed by atoms with Crippen LogP contribution in [0.15, 0.2) is 61.2 Å². The van der Waals surface area contributed by atoms with Crippen LogP contribution in [0.3, 0.4) is 0 Å². The summed E-state index contributed by atoms with van der Waals surface area (Å²) >= 11 is 0. The average molecular weight is 469 g/mol. The van der Waals surface area contributed by atoms with E-state index in [1.807, 2.05) is 31.2 Å². The third-order valence-corrected chi connectivity index (χ3v) is 6.56. The van der Waals surface area contributed by atoms with Crippen molar-refractivity contribution in [3.8, 4) is 0 Å². The molecule has 0 amide bonds. The number of rotatable bonds is 8. The van der Waals surface area contributed by atoms with Crippen molar-refractivity contribution in [1.29, 1.82) is 0 Å². The smallest absolute Gasteiger partial charge is 0.162 e. The van der Waals surface area contributed by atoms with Gasteiger partial charge in [-0.2, -0.15) is 0 Å². The molecule has 0 bridgehead atoms. The molecule has 0 N–H and O–H groups in total. The molecule has 34 heavy (non-hydrogen) atoms. The van der Waals surface area contributed by atoms with Crippen LogP contribution in [-0.4, -0.2) is 19.5 Å². The van der Waals surface area contributed by atoms with Gasteiger partial charge in [-0.25, -0.2) is 13.2 Å². The first-order chi connectivity index (χ1) is 16.5. The van der Waals surface area contributed by atoms with E-state index in [2.05, 4.69) is 6.58 Å². The first-order valence-corrected chi connectivity index (χ1v) is 12.0. The summed E-state index contributed by atoms with van der Waals surface area (Å²) < 4.78 is 55.5. The molecule has 0 spiro atoms. The highest BCUT2D eigenvalue weighted by Crippen LogP contribution is 2.35. The minimum Gasteiger partial charge on any atom is -0.352 e. The van der Waals surface area contributed by atoms with Crippen molar-refractivity contribution in [3.05, 3.63) is 101 Å². The Labute approximate surface area is 199 Å². The lowest BCUT2D eigenvalue weighted by molar-refractivity contribution is -0.189. The number of hydrogen-bond acceptors (Lipinski definition) is 2. The molecule has 1 saturated heterocycles. The number of hydrogen-bond donors (Lipinski definition) is 0. The van der Waals surface area contributed by atoms with Gasteiger partial charge in [-0.15, -0.1) is 6.58 Å². The van der Waals surface area contributed by atoms with E-state index in [0.717, 1.165) is 30.4 Å². The lowest BCUT2D eigenvalue weighted by Crippen LogP contribution is -2.30. The molecule has 0 radical (unpaired) electrons. The van der Waals surface area contributed by atoms with Crippen molar-refractivity contribution in [2.45, 2.75) is 57.2 Å². The van der Waals surface area contributed by atoms with Gasteiger partial charge < -0.3 is 9.47 Å². The van der Waals surface area contributed by atoms with E-state index in [0.29, 0.717) is 42.7 Å². The van der Waals surface area contributed by atoms with E-state index >= 15 is 4.39 Å². The molecule has 1 aliphatic carbocycles. The molecule has 180 valence electrons. The zero-order chi connectivity index (χ0) is 24.1. The molecule has 2 nitrogen and oxygen atoms in total. The Morgan fingerprint density at radius 2 is 1.85 bits per heavy atom. The summed E-state index contributed by atoms with van der Waals surface area (Å²) in [7, 11) is 0. The molecule has 1 aliphatic heterocycles. The van der Waals surface area contributed by atoms with Crippen LogP contribution >= 0.6 is 0 Å². The van der Waals surface area contributed by atoms with Gasteiger partial charge in [-0.1, -0.05) is 61.9 Å². The molecule has 5 heteroatoms. The summed E-state index contributed by atoms with van der Waals surface area (Å²) in [5.41, 5.74) is 2.81. The van der Waals surface area contributed by atoms with Crippen LogP contribution in [0, 0.1) is 17.5 Å². The molecule has 0 saturated carbocycles. The van der Waals surface area contributed by atoms with Gasteiger partial charge >= 0.3 is 0 Å². The van der Waals surface area contributed by atoms with Gasteiger partial charge in [0.25, 0.3) is 0 Å². The van der Waals surface area contributed by atoms with Crippen LogP contribution in [0.1, 0.15) is 66.7 Å². The maximum atomic E-state index is 15.0. The third-order valence-electron chi connectivity index (χ3n) is 6.56. The highest BCUT2D eigenvalue weighted by molar-refractivity contribution is 5.76. The largest absolute Gasteiger partial charge is 0.352 e. The van der Waals surface area contributed by atoms with E-state index in [4.69, 9.17) is 9.47 Å². The maximum absolute atomic E-state index is 15.0. The fourth-order valence-corrected chi connectivity index (χ4v) is 4.58. The Bertz CT molecular complexity index is 1080. The van der Waals surface area contributed by atoms with Gasteiger partial charge in [0.15, 0.2) is 17.9 Å². The molecule has 2 aromatic rings. The van der Waals surface area contributed by atoms with Crippen molar-refractivity contribution in [2.24, 2.45) is 0 Å². The highest BCUT2D eigenvalue weighted by atomic mass is 19.2. The molecule has 2 aromatic carbocycles. The normalized spacial score (nSPS) is 22.5. The predicted octanol–water partition coefficient (Wildman–Crippen LogP) is 7.61. The second-order valence-electron chi connectivity index (χ2n) is 8.95. The van der Waals surface area contributed by atoms with Crippen molar-refractivity contribution >= 4 is 5.57 Å². The molecule has 1 atom stereocenters. The Morgan fingerprint density at radius 3 is 2.50 bits per heavy atom. The fraction of sp³-hybridized carbons (Fsp3) is 0.379. The van der Waals surface area contributed by atoms with Gasteiger partial charge in [-0.05, 0) is 47.6 Å². The molecule has 4 rings (SSSR count). The standard InChI is InChI=1S/C29H31F3O2/c1-3-5-7-27-33-17-23(18-34-27)22-13-14-24(26(30)16-22)19-8-10-20(11-9-19)25-15-12-21(6-4-2)28(31)29(25)32/h3,8-10,12-16,20,23,27H,1,4-7,11,17-18H2,2H3. The average Bonchev–Trinajstić information content (AvgIpc) is 2.86. The van der Waals surface area contributed by atoms with E-state index in [1.165, 1.54) is 0 Å². The molecule has 0 aromatic heterocycles. The van der Waals surface area contributed by atoms with Crippen LogP contribution < -0.4 is 0 Å². The number of halogens is 3. The van der Waals surface area contributed by atoms with Gasteiger partial charge in [0.05, 0.1) is 13.2 Å². The zero-order valence-electron chi connectivity index (χ0n) is 19.5. The van der Waals surface area contributed by atoms with Crippen molar-refractivity contribution in [1.82, 2.24) is 0 Å². The SMILES string of the molecule is C=CCCC1OCC(c2ccc(C3=CCC(c4ccc(CCC)c(F)c4F)C=C3)c(F)c2)CO1. The van der Waals surface area contributed by atoms with Crippen LogP contribution in [0.25, 0.3) is 5.57 Å². The molecular formula is C29H31F3O2. The molecule has 1 fully saturated rings. The maximum Gasteiger partial charge on any atom is 0.162 e. The van der Waals surface area contributed by atoms with Gasteiger partial charge in [-0.3, -0.25) is 0 Å².